The molecule has 1 fully saturated rings. The van der Waals surface area contributed by atoms with E-state index in [0.29, 0.717) is 6.42 Å². The van der Waals surface area contributed by atoms with Crippen LogP contribution in [0.2, 0.25) is 0 Å². The van der Waals surface area contributed by atoms with Gasteiger partial charge in [0, 0.05) is 27.0 Å². The largest absolute Gasteiger partial charge is 0.358 e. The number of hydrazine groups is 1. The first-order valence-electron chi connectivity index (χ1n) is 8.17. The smallest absolute Gasteiger partial charge is 0.258 e. The molecule has 1 aliphatic heterocycles. The Labute approximate surface area is 149 Å². The van der Waals surface area contributed by atoms with Crippen molar-refractivity contribution in [2.45, 2.75) is 25.4 Å². The minimum atomic E-state index is -0.298. The molecule has 4 rings (SSSR count). The van der Waals surface area contributed by atoms with Gasteiger partial charge in [-0.15, -0.1) is 11.3 Å². The van der Waals surface area contributed by atoms with Crippen LogP contribution in [0.5, 0.6) is 0 Å². The molecule has 0 aliphatic carbocycles. The summed E-state index contributed by atoms with van der Waals surface area (Å²) in [6.07, 6.45) is 2.40. The first kappa shape index (κ1) is 16.0. The fraction of sp³-hybridized carbons (Fsp3) is 0.222. The fourth-order valence-corrected chi connectivity index (χ4v) is 3.90. The van der Waals surface area contributed by atoms with Crippen molar-refractivity contribution in [1.82, 2.24) is 21.3 Å². The lowest BCUT2D eigenvalue weighted by atomic mass is 10.1. The van der Waals surface area contributed by atoms with Crippen LogP contribution in [-0.4, -0.2) is 23.1 Å². The molecule has 3 heterocycles. The summed E-state index contributed by atoms with van der Waals surface area (Å²) in [6, 6.07) is 12.0. The van der Waals surface area contributed by atoms with Gasteiger partial charge in [0.05, 0.1) is 12.3 Å². The average Bonchev–Trinajstić information content (AvgIpc) is 3.34. The van der Waals surface area contributed by atoms with Gasteiger partial charge >= 0.3 is 0 Å². The number of H-pyrrole nitrogens is 1. The number of carbonyl (C=O) groups is 1. The molecule has 0 saturated carbocycles. The molecule has 3 aromatic rings. The topological polar surface area (TPSA) is 81.3 Å². The number of rotatable bonds is 4. The van der Waals surface area contributed by atoms with Crippen molar-refractivity contribution in [2.75, 3.05) is 0 Å². The Kier molecular flexibility index (Phi) is 4.35. The molecule has 25 heavy (non-hydrogen) atoms. The van der Waals surface area contributed by atoms with E-state index in [0.717, 1.165) is 22.2 Å². The van der Waals surface area contributed by atoms with E-state index in [4.69, 9.17) is 0 Å². The Bertz CT molecular complexity index is 915. The maximum absolute atomic E-state index is 12.3. The van der Waals surface area contributed by atoms with Crippen molar-refractivity contribution in [3.8, 4) is 0 Å². The second kappa shape index (κ2) is 6.79. The van der Waals surface area contributed by atoms with Crippen LogP contribution in [0.1, 0.15) is 28.6 Å². The molecular formula is C18H19N5OS. The van der Waals surface area contributed by atoms with Crippen molar-refractivity contribution < 1.29 is 4.79 Å². The van der Waals surface area contributed by atoms with Gasteiger partial charge in [0.15, 0.2) is 0 Å². The first-order chi connectivity index (χ1) is 12.2. The van der Waals surface area contributed by atoms with E-state index in [2.05, 4.69) is 32.4 Å². The van der Waals surface area contributed by atoms with Gasteiger partial charge in [0.1, 0.15) is 6.04 Å². The lowest BCUT2D eigenvalue weighted by Crippen LogP contribution is -2.41. The molecule has 7 heteroatoms. The quantitative estimate of drug-likeness (QED) is 0.430. The number of hydrazone groups is 1. The molecule has 1 aromatic carbocycles. The van der Waals surface area contributed by atoms with Gasteiger partial charge in [0.25, 0.3) is 5.91 Å². The Morgan fingerprint density at radius 3 is 3.00 bits per heavy atom. The third kappa shape index (κ3) is 3.21. The van der Waals surface area contributed by atoms with Crippen molar-refractivity contribution >= 4 is 34.4 Å². The standard InChI is InChI=1S/C18H19N5OS/c1-11-13(12-5-2-3-6-14(12)20-11)10-19-23-18(24)16-9-15(21-22-16)17-7-4-8-25-17/h2-8,10,15-16,20-22H,9H2,1H3,(H,23,24)/b19-10+. The van der Waals surface area contributed by atoms with Crippen molar-refractivity contribution in [2.24, 2.45) is 5.10 Å². The second-order valence-corrected chi connectivity index (χ2v) is 7.07. The molecule has 1 amide bonds. The van der Waals surface area contributed by atoms with E-state index in [1.54, 1.807) is 17.6 Å². The van der Waals surface area contributed by atoms with Gasteiger partial charge in [-0.1, -0.05) is 24.3 Å². The molecule has 4 N–H and O–H groups in total. The Balaban J connectivity index is 1.40. The Morgan fingerprint density at radius 2 is 2.16 bits per heavy atom. The normalized spacial score (nSPS) is 20.5. The summed E-state index contributed by atoms with van der Waals surface area (Å²) in [5.74, 6) is -0.139. The number of carbonyl (C=O) groups excluding carboxylic acids is 1. The molecule has 0 bridgehead atoms. The highest BCUT2D eigenvalue weighted by Crippen LogP contribution is 2.26. The number of thiophene rings is 1. The zero-order valence-electron chi connectivity index (χ0n) is 13.7. The van der Waals surface area contributed by atoms with Gasteiger partial charge < -0.3 is 4.98 Å². The monoisotopic (exact) mass is 353 g/mol. The van der Waals surface area contributed by atoms with E-state index in [9.17, 15) is 4.79 Å². The summed E-state index contributed by atoms with van der Waals surface area (Å²) < 4.78 is 0. The van der Waals surface area contributed by atoms with Crippen LogP contribution in [0.3, 0.4) is 0 Å². The summed E-state index contributed by atoms with van der Waals surface area (Å²) >= 11 is 1.69. The zero-order valence-corrected chi connectivity index (χ0v) is 14.6. The Morgan fingerprint density at radius 1 is 1.28 bits per heavy atom. The molecule has 2 aromatic heterocycles. The van der Waals surface area contributed by atoms with Crippen molar-refractivity contribution in [3.63, 3.8) is 0 Å². The summed E-state index contributed by atoms with van der Waals surface area (Å²) in [5, 5.41) is 7.28. The molecule has 1 saturated heterocycles. The van der Waals surface area contributed by atoms with E-state index in [-0.39, 0.29) is 18.0 Å². The van der Waals surface area contributed by atoms with Crippen LogP contribution < -0.4 is 16.3 Å². The fourth-order valence-electron chi connectivity index (χ4n) is 3.11. The summed E-state index contributed by atoms with van der Waals surface area (Å²) in [5.41, 5.74) is 11.9. The second-order valence-electron chi connectivity index (χ2n) is 6.09. The number of hydrogen-bond donors (Lipinski definition) is 4. The SMILES string of the molecule is Cc1[nH]c2ccccc2c1/C=N/NC(=O)C1CC(c2cccs2)NN1. The molecule has 128 valence electrons. The van der Waals surface area contributed by atoms with E-state index in [1.807, 2.05) is 42.6 Å². The number of nitrogens with one attached hydrogen (secondary N) is 4. The number of para-hydroxylation sites is 1. The minimum Gasteiger partial charge on any atom is -0.358 e. The minimum absolute atomic E-state index is 0.139. The first-order valence-corrected chi connectivity index (χ1v) is 9.05. The number of aromatic amines is 1. The van der Waals surface area contributed by atoms with Gasteiger partial charge in [-0.2, -0.15) is 5.10 Å². The summed E-state index contributed by atoms with van der Waals surface area (Å²) in [4.78, 5) is 16.8. The molecule has 2 atom stereocenters. The summed E-state index contributed by atoms with van der Waals surface area (Å²) in [7, 11) is 0. The van der Waals surface area contributed by atoms with E-state index in [1.165, 1.54) is 4.88 Å². The highest BCUT2D eigenvalue weighted by molar-refractivity contribution is 7.10. The molecule has 0 radical (unpaired) electrons. The number of hydrogen-bond acceptors (Lipinski definition) is 5. The molecule has 2 unspecified atom stereocenters. The third-order valence-corrected chi connectivity index (χ3v) is 5.40. The van der Waals surface area contributed by atoms with Crippen LogP contribution in [0.4, 0.5) is 0 Å². The molecule has 6 nitrogen and oxygen atoms in total. The van der Waals surface area contributed by atoms with Crippen molar-refractivity contribution in [1.29, 1.82) is 0 Å². The molecule has 0 spiro atoms. The van der Waals surface area contributed by atoms with Crippen LogP contribution in [0.15, 0.2) is 46.9 Å². The predicted molar refractivity (Wildman–Crippen MR) is 101 cm³/mol. The number of aromatic nitrogens is 1. The van der Waals surface area contributed by atoms with Gasteiger partial charge in [-0.3, -0.25) is 4.79 Å². The Hall–Kier alpha value is -2.48. The number of nitrogens with zero attached hydrogens (tertiary/aromatic N) is 1. The number of aryl methyl sites for hydroxylation is 1. The number of benzene rings is 1. The zero-order chi connectivity index (χ0) is 17.2. The molecular weight excluding hydrogens is 334 g/mol. The van der Waals surface area contributed by atoms with Crippen LogP contribution in [0, 0.1) is 6.92 Å². The highest BCUT2D eigenvalue weighted by atomic mass is 32.1. The van der Waals surface area contributed by atoms with Crippen LogP contribution in [-0.2, 0) is 4.79 Å². The van der Waals surface area contributed by atoms with E-state index >= 15 is 0 Å². The lowest BCUT2D eigenvalue weighted by Gasteiger charge is -2.06. The van der Waals surface area contributed by atoms with Crippen LogP contribution >= 0.6 is 11.3 Å². The van der Waals surface area contributed by atoms with E-state index < -0.39 is 0 Å². The van der Waals surface area contributed by atoms with Crippen molar-refractivity contribution in [3.05, 3.63) is 57.9 Å². The van der Waals surface area contributed by atoms with Gasteiger partial charge in [-0.05, 0) is 30.9 Å². The maximum Gasteiger partial charge on any atom is 0.258 e. The predicted octanol–water partition coefficient (Wildman–Crippen LogP) is 2.60. The van der Waals surface area contributed by atoms with Gasteiger partial charge in [-0.25, -0.2) is 16.3 Å². The highest BCUT2D eigenvalue weighted by Gasteiger charge is 2.30. The van der Waals surface area contributed by atoms with Crippen LogP contribution in [0.25, 0.3) is 10.9 Å². The number of fused-ring (bicyclic) bond motifs is 1. The lowest BCUT2D eigenvalue weighted by molar-refractivity contribution is -0.122. The average molecular weight is 353 g/mol. The maximum atomic E-state index is 12.3. The molecule has 1 aliphatic rings. The van der Waals surface area contributed by atoms with Gasteiger partial charge in [0.2, 0.25) is 0 Å². The third-order valence-electron chi connectivity index (χ3n) is 4.42. The number of amides is 1. The summed E-state index contributed by atoms with van der Waals surface area (Å²) in [6.45, 7) is 2.00.